The van der Waals surface area contributed by atoms with Crippen molar-refractivity contribution in [1.29, 1.82) is 0 Å². The number of hydrogen-bond acceptors (Lipinski definition) is 3. The number of piperidine rings is 1. The van der Waals surface area contributed by atoms with E-state index in [4.69, 9.17) is 5.11 Å². The molecule has 0 spiro atoms. The molecule has 0 aromatic heterocycles. The van der Waals surface area contributed by atoms with Gasteiger partial charge in [0.25, 0.3) is 0 Å². The van der Waals surface area contributed by atoms with E-state index in [0.717, 1.165) is 37.1 Å². The molecule has 3 N–H and O–H groups in total. The summed E-state index contributed by atoms with van der Waals surface area (Å²) in [6.07, 6.45) is 3.55. The zero-order chi connectivity index (χ0) is 15.3. The van der Waals surface area contributed by atoms with E-state index in [1.54, 1.807) is 0 Å². The maximum atomic E-state index is 12.4. The van der Waals surface area contributed by atoms with E-state index in [1.807, 2.05) is 31.2 Å². The molecular formula is C16H22N2O3. The minimum absolute atomic E-state index is 0.0300. The summed E-state index contributed by atoms with van der Waals surface area (Å²) in [5.41, 5.74) is 1.11. The van der Waals surface area contributed by atoms with Crippen LogP contribution in [0.5, 0.6) is 0 Å². The van der Waals surface area contributed by atoms with Crippen LogP contribution in [0.15, 0.2) is 24.3 Å². The lowest BCUT2D eigenvalue weighted by atomic mass is 9.90. The highest BCUT2D eigenvalue weighted by molar-refractivity contribution is 5.97. The topological polar surface area (TPSA) is 78.4 Å². The maximum absolute atomic E-state index is 12.4. The molecule has 5 nitrogen and oxygen atoms in total. The molecule has 1 atom stereocenters. The van der Waals surface area contributed by atoms with Gasteiger partial charge in [-0.2, -0.15) is 0 Å². The molecule has 5 heteroatoms. The lowest BCUT2D eigenvalue weighted by Crippen LogP contribution is -2.54. The van der Waals surface area contributed by atoms with Crippen molar-refractivity contribution in [3.05, 3.63) is 29.8 Å². The molecule has 0 aliphatic carbocycles. The fourth-order valence-electron chi connectivity index (χ4n) is 2.57. The fraction of sp³-hybridized carbons (Fsp3) is 0.500. The van der Waals surface area contributed by atoms with Crippen molar-refractivity contribution in [3.8, 4) is 0 Å². The molecule has 1 heterocycles. The number of nitrogens with one attached hydrogen (secondary N) is 2. The molecule has 1 aliphatic rings. The van der Waals surface area contributed by atoms with Gasteiger partial charge in [0.2, 0.25) is 5.91 Å². The van der Waals surface area contributed by atoms with E-state index in [9.17, 15) is 9.59 Å². The van der Waals surface area contributed by atoms with E-state index in [2.05, 4.69) is 10.6 Å². The van der Waals surface area contributed by atoms with Gasteiger partial charge in [-0.25, -0.2) is 0 Å². The maximum Gasteiger partial charge on any atom is 0.303 e. The van der Waals surface area contributed by atoms with Crippen molar-refractivity contribution in [1.82, 2.24) is 5.32 Å². The number of hydrogen-bond donors (Lipinski definition) is 3. The van der Waals surface area contributed by atoms with E-state index in [0.29, 0.717) is 6.42 Å². The lowest BCUT2D eigenvalue weighted by molar-refractivity contribution is -0.137. The van der Waals surface area contributed by atoms with Crippen molar-refractivity contribution in [3.63, 3.8) is 0 Å². The van der Waals surface area contributed by atoms with Crippen molar-refractivity contribution in [2.24, 2.45) is 0 Å². The monoisotopic (exact) mass is 290 g/mol. The molecule has 1 saturated heterocycles. The SMILES string of the molecule is CC1(C(=O)Nc2cccc(CCC(=O)O)c2)CCCCN1. The molecule has 0 bridgehead atoms. The lowest BCUT2D eigenvalue weighted by Gasteiger charge is -2.33. The first-order chi connectivity index (χ1) is 9.99. The van der Waals surface area contributed by atoms with Crippen molar-refractivity contribution in [2.75, 3.05) is 11.9 Å². The van der Waals surface area contributed by atoms with Crippen molar-refractivity contribution in [2.45, 2.75) is 44.6 Å². The third-order valence-electron chi connectivity index (χ3n) is 3.93. The Bertz CT molecular complexity index is 522. The molecule has 1 fully saturated rings. The van der Waals surface area contributed by atoms with E-state index in [-0.39, 0.29) is 12.3 Å². The van der Waals surface area contributed by atoms with Crippen LogP contribution in [0.25, 0.3) is 0 Å². The van der Waals surface area contributed by atoms with Crippen LogP contribution in [0.3, 0.4) is 0 Å². The number of carboxylic acid groups (broad SMARTS) is 1. The van der Waals surface area contributed by atoms with Crippen molar-refractivity contribution >= 4 is 17.6 Å². The third-order valence-corrected chi connectivity index (χ3v) is 3.93. The van der Waals surface area contributed by atoms with Gasteiger partial charge < -0.3 is 15.7 Å². The number of anilines is 1. The average Bonchev–Trinajstić information content (AvgIpc) is 2.46. The second kappa shape index (κ2) is 6.72. The number of carbonyl (C=O) groups excluding carboxylic acids is 1. The summed E-state index contributed by atoms with van der Waals surface area (Å²) in [4.78, 5) is 23.0. The predicted molar refractivity (Wildman–Crippen MR) is 81.3 cm³/mol. The Morgan fingerprint density at radius 3 is 2.86 bits per heavy atom. The Labute approximate surface area is 124 Å². The molecule has 114 valence electrons. The van der Waals surface area contributed by atoms with Crippen LogP contribution >= 0.6 is 0 Å². The number of benzene rings is 1. The van der Waals surface area contributed by atoms with Gasteiger partial charge >= 0.3 is 5.97 Å². The number of rotatable bonds is 5. The molecule has 1 aromatic rings. The Balaban J connectivity index is 2.00. The van der Waals surface area contributed by atoms with Crippen LogP contribution in [0.2, 0.25) is 0 Å². The van der Waals surface area contributed by atoms with Gasteiger partial charge in [0.1, 0.15) is 0 Å². The normalized spacial score (nSPS) is 21.8. The summed E-state index contributed by atoms with van der Waals surface area (Å²) in [6, 6.07) is 7.38. The third kappa shape index (κ3) is 4.29. The summed E-state index contributed by atoms with van der Waals surface area (Å²) >= 11 is 0. The number of amides is 1. The smallest absolute Gasteiger partial charge is 0.303 e. The molecule has 0 saturated carbocycles. The molecule has 21 heavy (non-hydrogen) atoms. The van der Waals surface area contributed by atoms with E-state index in [1.165, 1.54) is 0 Å². The molecule has 0 radical (unpaired) electrons. The van der Waals surface area contributed by atoms with E-state index < -0.39 is 11.5 Å². The quantitative estimate of drug-likeness (QED) is 0.776. The Morgan fingerprint density at radius 1 is 1.38 bits per heavy atom. The number of carboxylic acids is 1. The Morgan fingerprint density at radius 2 is 2.19 bits per heavy atom. The first-order valence-electron chi connectivity index (χ1n) is 7.37. The summed E-state index contributed by atoms with van der Waals surface area (Å²) < 4.78 is 0. The van der Waals surface area contributed by atoms with Gasteiger partial charge in [-0.1, -0.05) is 12.1 Å². The number of aryl methyl sites for hydroxylation is 1. The van der Waals surface area contributed by atoms with E-state index >= 15 is 0 Å². The molecular weight excluding hydrogens is 268 g/mol. The number of carbonyl (C=O) groups is 2. The molecule has 2 rings (SSSR count). The standard InChI is InChI=1S/C16H22N2O3/c1-16(9-2-3-10-17-16)15(21)18-13-6-4-5-12(11-13)7-8-14(19)20/h4-6,11,17H,2-3,7-10H2,1H3,(H,18,21)(H,19,20). The van der Waals surface area contributed by atoms with Crippen LogP contribution in [0.4, 0.5) is 5.69 Å². The summed E-state index contributed by atoms with van der Waals surface area (Å²) in [5.74, 6) is -0.846. The van der Waals surface area contributed by atoms with Crippen LogP contribution in [0.1, 0.15) is 38.2 Å². The van der Waals surface area contributed by atoms with Gasteiger partial charge in [-0.3, -0.25) is 9.59 Å². The Kier molecular flexibility index (Phi) is 4.96. The summed E-state index contributed by atoms with van der Waals surface area (Å²) in [6.45, 7) is 2.79. The zero-order valence-electron chi connectivity index (χ0n) is 12.3. The highest BCUT2D eigenvalue weighted by Crippen LogP contribution is 2.21. The van der Waals surface area contributed by atoms with Gasteiger partial charge in [0.15, 0.2) is 0 Å². The van der Waals surface area contributed by atoms with Crippen LogP contribution in [-0.4, -0.2) is 29.1 Å². The fourth-order valence-corrected chi connectivity index (χ4v) is 2.57. The summed E-state index contributed by atoms with van der Waals surface area (Å²) in [7, 11) is 0. The molecule has 1 amide bonds. The predicted octanol–water partition coefficient (Wildman–Crippen LogP) is 2.17. The summed E-state index contributed by atoms with van der Waals surface area (Å²) in [5, 5.41) is 14.9. The average molecular weight is 290 g/mol. The minimum atomic E-state index is -0.816. The molecule has 1 aromatic carbocycles. The molecule has 1 aliphatic heterocycles. The van der Waals surface area contributed by atoms with Crippen molar-refractivity contribution < 1.29 is 14.7 Å². The highest BCUT2D eigenvalue weighted by atomic mass is 16.4. The highest BCUT2D eigenvalue weighted by Gasteiger charge is 2.34. The van der Waals surface area contributed by atoms with Crippen LogP contribution in [-0.2, 0) is 16.0 Å². The Hall–Kier alpha value is -1.88. The second-order valence-corrected chi connectivity index (χ2v) is 5.76. The van der Waals surface area contributed by atoms with Crippen LogP contribution < -0.4 is 10.6 Å². The second-order valence-electron chi connectivity index (χ2n) is 5.76. The van der Waals surface area contributed by atoms with Gasteiger partial charge in [-0.05, 0) is 56.8 Å². The van der Waals surface area contributed by atoms with Gasteiger partial charge in [-0.15, -0.1) is 0 Å². The minimum Gasteiger partial charge on any atom is -0.481 e. The first kappa shape index (κ1) is 15.5. The number of aliphatic carboxylic acids is 1. The van der Waals surface area contributed by atoms with Crippen LogP contribution in [0, 0.1) is 0 Å². The first-order valence-corrected chi connectivity index (χ1v) is 7.37. The van der Waals surface area contributed by atoms with Gasteiger partial charge in [0.05, 0.1) is 5.54 Å². The molecule has 1 unspecified atom stereocenters. The van der Waals surface area contributed by atoms with Gasteiger partial charge in [0, 0.05) is 12.1 Å². The largest absolute Gasteiger partial charge is 0.481 e. The zero-order valence-corrected chi connectivity index (χ0v) is 12.3.